The van der Waals surface area contributed by atoms with E-state index in [0.29, 0.717) is 13.2 Å². The van der Waals surface area contributed by atoms with Gasteiger partial charge in [0.1, 0.15) is 6.10 Å². The minimum Gasteiger partial charge on any atom is -0.466 e. The lowest BCUT2D eigenvalue weighted by atomic mass is 9.85. The molecule has 0 radical (unpaired) electrons. The van der Waals surface area contributed by atoms with Crippen molar-refractivity contribution in [3.05, 3.63) is 0 Å². The van der Waals surface area contributed by atoms with Gasteiger partial charge in [0.25, 0.3) is 0 Å². The number of esters is 1. The molecule has 0 aromatic rings. The molecule has 6 heteroatoms. The minimum absolute atomic E-state index is 0.173. The molecule has 1 fully saturated rings. The van der Waals surface area contributed by atoms with Gasteiger partial charge < -0.3 is 19.5 Å². The van der Waals surface area contributed by atoms with Crippen molar-refractivity contribution in [1.82, 2.24) is 5.32 Å². The SMILES string of the molecule is CCCCCCOC(=O)CCNC(=O)C1OC(C)(C)OCC1(C)C. The number of amides is 1. The van der Waals surface area contributed by atoms with E-state index in [0.717, 1.165) is 25.7 Å². The normalized spacial score (nSPS) is 22.0. The number of ether oxygens (including phenoxy) is 3. The lowest BCUT2D eigenvalue weighted by Gasteiger charge is -2.44. The third-order valence-corrected chi connectivity index (χ3v) is 4.03. The molecule has 0 aliphatic carbocycles. The van der Waals surface area contributed by atoms with E-state index in [-0.39, 0.29) is 24.8 Å². The zero-order valence-electron chi connectivity index (χ0n) is 15.8. The molecule has 1 rings (SSSR count). The van der Waals surface area contributed by atoms with Crippen molar-refractivity contribution in [3.63, 3.8) is 0 Å². The molecule has 1 atom stereocenters. The van der Waals surface area contributed by atoms with Crippen molar-refractivity contribution in [2.75, 3.05) is 19.8 Å². The summed E-state index contributed by atoms with van der Waals surface area (Å²) in [7, 11) is 0. The molecule has 1 amide bonds. The van der Waals surface area contributed by atoms with Crippen LogP contribution in [-0.2, 0) is 23.8 Å². The molecule has 1 aliphatic rings. The standard InChI is InChI=1S/C18H33NO5/c1-6-7-8-9-12-22-14(20)10-11-19-16(21)15-17(2,3)13-23-18(4,5)24-15/h15H,6-13H2,1-5H3,(H,19,21). The number of unbranched alkanes of at least 4 members (excludes halogenated alkanes) is 3. The topological polar surface area (TPSA) is 73.9 Å². The molecule has 1 heterocycles. The van der Waals surface area contributed by atoms with Gasteiger partial charge in [-0.15, -0.1) is 0 Å². The van der Waals surface area contributed by atoms with Crippen LogP contribution in [-0.4, -0.2) is 43.5 Å². The molecular formula is C18H33NO5. The molecule has 24 heavy (non-hydrogen) atoms. The van der Waals surface area contributed by atoms with Crippen LogP contribution >= 0.6 is 0 Å². The van der Waals surface area contributed by atoms with Gasteiger partial charge >= 0.3 is 5.97 Å². The van der Waals surface area contributed by atoms with E-state index in [2.05, 4.69) is 12.2 Å². The van der Waals surface area contributed by atoms with Gasteiger partial charge in [-0.25, -0.2) is 0 Å². The van der Waals surface area contributed by atoms with Crippen LogP contribution in [0.5, 0.6) is 0 Å². The summed E-state index contributed by atoms with van der Waals surface area (Å²) in [6.07, 6.45) is 3.85. The number of carbonyl (C=O) groups is 2. The second-order valence-electron chi connectivity index (χ2n) is 7.50. The Kier molecular flexibility index (Phi) is 8.16. The van der Waals surface area contributed by atoms with E-state index < -0.39 is 17.3 Å². The first kappa shape index (κ1) is 20.9. The summed E-state index contributed by atoms with van der Waals surface area (Å²) >= 11 is 0. The Labute approximate surface area is 145 Å². The molecular weight excluding hydrogens is 310 g/mol. The molecule has 1 aliphatic heterocycles. The average Bonchev–Trinajstić information content (AvgIpc) is 2.50. The van der Waals surface area contributed by atoms with Crippen LogP contribution in [0.4, 0.5) is 0 Å². The van der Waals surface area contributed by atoms with Crippen LogP contribution in [0.2, 0.25) is 0 Å². The van der Waals surface area contributed by atoms with Gasteiger partial charge in [0.2, 0.25) is 5.91 Å². The third-order valence-electron chi connectivity index (χ3n) is 4.03. The second kappa shape index (κ2) is 9.37. The highest BCUT2D eigenvalue weighted by atomic mass is 16.7. The molecule has 0 aromatic heterocycles. The molecule has 6 nitrogen and oxygen atoms in total. The number of nitrogens with one attached hydrogen (secondary N) is 1. The highest BCUT2D eigenvalue weighted by Crippen LogP contribution is 2.34. The van der Waals surface area contributed by atoms with Crippen molar-refractivity contribution < 1.29 is 23.8 Å². The van der Waals surface area contributed by atoms with Crippen LogP contribution in [0.1, 0.15) is 66.7 Å². The van der Waals surface area contributed by atoms with Crippen LogP contribution in [0.15, 0.2) is 0 Å². The smallest absolute Gasteiger partial charge is 0.307 e. The van der Waals surface area contributed by atoms with Crippen LogP contribution in [0.25, 0.3) is 0 Å². The third kappa shape index (κ3) is 7.18. The fourth-order valence-corrected chi connectivity index (χ4v) is 2.49. The van der Waals surface area contributed by atoms with Crippen LogP contribution in [0.3, 0.4) is 0 Å². The lowest BCUT2D eigenvalue weighted by Crippen LogP contribution is -2.56. The highest BCUT2D eigenvalue weighted by molar-refractivity contribution is 5.82. The van der Waals surface area contributed by atoms with Crippen molar-refractivity contribution in [1.29, 1.82) is 0 Å². The Morgan fingerprint density at radius 3 is 2.54 bits per heavy atom. The van der Waals surface area contributed by atoms with Crippen molar-refractivity contribution in [2.24, 2.45) is 5.41 Å². The molecule has 0 saturated carbocycles. The summed E-state index contributed by atoms with van der Waals surface area (Å²) in [5, 5.41) is 2.77. The number of carbonyl (C=O) groups excluding carboxylic acids is 2. The Bertz CT molecular complexity index is 420. The quantitative estimate of drug-likeness (QED) is 0.515. The minimum atomic E-state index is -0.783. The summed E-state index contributed by atoms with van der Waals surface area (Å²) in [6, 6.07) is 0. The van der Waals surface area contributed by atoms with Crippen LogP contribution < -0.4 is 5.32 Å². The first-order chi connectivity index (χ1) is 11.2. The van der Waals surface area contributed by atoms with Gasteiger partial charge in [0.05, 0.1) is 19.6 Å². The molecule has 1 saturated heterocycles. The van der Waals surface area contributed by atoms with Crippen LogP contribution in [0, 0.1) is 5.41 Å². The molecule has 0 bridgehead atoms. The number of hydrogen-bond acceptors (Lipinski definition) is 5. The first-order valence-electron chi connectivity index (χ1n) is 8.93. The van der Waals surface area contributed by atoms with Gasteiger partial charge in [0.15, 0.2) is 5.79 Å². The van der Waals surface area contributed by atoms with E-state index in [1.807, 2.05) is 13.8 Å². The fourth-order valence-electron chi connectivity index (χ4n) is 2.49. The maximum Gasteiger partial charge on any atom is 0.307 e. The fraction of sp³-hybridized carbons (Fsp3) is 0.889. The molecule has 0 spiro atoms. The second-order valence-corrected chi connectivity index (χ2v) is 7.50. The maximum absolute atomic E-state index is 12.4. The molecule has 1 N–H and O–H groups in total. The Morgan fingerprint density at radius 2 is 1.88 bits per heavy atom. The van der Waals surface area contributed by atoms with Gasteiger partial charge in [-0.2, -0.15) is 0 Å². The van der Waals surface area contributed by atoms with Gasteiger partial charge in [-0.05, 0) is 20.3 Å². The predicted molar refractivity (Wildman–Crippen MR) is 91.4 cm³/mol. The molecule has 140 valence electrons. The Balaban J connectivity index is 2.28. The molecule has 1 unspecified atom stereocenters. The van der Waals surface area contributed by atoms with Gasteiger partial charge in [-0.3, -0.25) is 9.59 Å². The Hall–Kier alpha value is -1.14. The number of hydrogen-bond donors (Lipinski definition) is 1. The zero-order valence-corrected chi connectivity index (χ0v) is 15.8. The van der Waals surface area contributed by atoms with E-state index in [9.17, 15) is 9.59 Å². The summed E-state index contributed by atoms with van der Waals surface area (Å²) in [5.74, 6) is -1.28. The first-order valence-corrected chi connectivity index (χ1v) is 8.93. The van der Waals surface area contributed by atoms with Gasteiger partial charge in [-0.1, -0.05) is 40.0 Å². The van der Waals surface area contributed by atoms with E-state index >= 15 is 0 Å². The number of rotatable bonds is 9. The summed E-state index contributed by atoms with van der Waals surface area (Å²) in [5.41, 5.74) is -0.417. The maximum atomic E-state index is 12.4. The van der Waals surface area contributed by atoms with Crippen molar-refractivity contribution >= 4 is 11.9 Å². The summed E-state index contributed by atoms with van der Waals surface area (Å²) < 4.78 is 16.5. The largest absolute Gasteiger partial charge is 0.466 e. The van der Waals surface area contributed by atoms with E-state index in [4.69, 9.17) is 14.2 Å². The Morgan fingerprint density at radius 1 is 1.17 bits per heavy atom. The predicted octanol–water partition coefficient (Wildman–Crippen LogP) is 2.79. The van der Waals surface area contributed by atoms with E-state index in [1.165, 1.54) is 0 Å². The van der Waals surface area contributed by atoms with Crippen molar-refractivity contribution in [3.8, 4) is 0 Å². The zero-order chi connectivity index (χ0) is 18.2. The summed E-state index contributed by atoms with van der Waals surface area (Å²) in [4.78, 5) is 24.0. The molecule has 0 aromatic carbocycles. The van der Waals surface area contributed by atoms with E-state index in [1.54, 1.807) is 13.8 Å². The monoisotopic (exact) mass is 343 g/mol. The average molecular weight is 343 g/mol. The lowest BCUT2D eigenvalue weighted by molar-refractivity contribution is -0.304. The highest BCUT2D eigenvalue weighted by Gasteiger charge is 2.45. The van der Waals surface area contributed by atoms with Crippen molar-refractivity contribution in [2.45, 2.75) is 78.6 Å². The summed E-state index contributed by atoms with van der Waals surface area (Å²) in [6.45, 7) is 10.7. The van der Waals surface area contributed by atoms with Gasteiger partial charge in [0, 0.05) is 12.0 Å².